The highest BCUT2D eigenvalue weighted by Gasteiger charge is 2.26. The highest BCUT2D eigenvalue weighted by atomic mass is 16.5. The van der Waals surface area contributed by atoms with Crippen molar-refractivity contribution in [1.29, 1.82) is 0 Å². The van der Waals surface area contributed by atoms with E-state index in [1.165, 1.54) is 5.56 Å². The number of aliphatic hydroxyl groups is 1. The fourth-order valence-corrected chi connectivity index (χ4v) is 1.64. The second-order valence-corrected chi connectivity index (χ2v) is 3.63. The van der Waals surface area contributed by atoms with Crippen LogP contribution in [0.3, 0.4) is 0 Å². The van der Waals surface area contributed by atoms with E-state index in [9.17, 15) is 0 Å². The molecule has 1 aliphatic rings. The normalized spacial score (nSPS) is 22.2. The Balaban J connectivity index is 2.14. The zero-order chi connectivity index (χ0) is 9.26. The first-order valence-corrected chi connectivity index (χ1v) is 4.66. The number of hydrogen-bond acceptors (Lipinski definition) is 2. The standard InChI is InChI=1S/C11H14O2/c1-8(7-12)11-6-9-4-2-3-5-10(9)13-11/h2-5,8,11-12H,6-7H2,1H3/t8-,11?/m1/s1. The lowest BCUT2D eigenvalue weighted by atomic mass is 10.0. The summed E-state index contributed by atoms with van der Waals surface area (Å²) in [6.45, 7) is 2.20. The molecule has 2 rings (SSSR count). The van der Waals surface area contributed by atoms with Crippen molar-refractivity contribution in [3.63, 3.8) is 0 Å². The fourth-order valence-electron chi connectivity index (χ4n) is 1.64. The zero-order valence-electron chi connectivity index (χ0n) is 7.73. The first-order chi connectivity index (χ1) is 6.31. The lowest BCUT2D eigenvalue weighted by Gasteiger charge is -2.16. The van der Waals surface area contributed by atoms with Gasteiger partial charge < -0.3 is 9.84 Å². The van der Waals surface area contributed by atoms with E-state index in [1.807, 2.05) is 25.1 Å². The third-order valence-electron chi connectivity index (χ3n) is 2.59. The Morgan fingerprint density at radius 1 is 1.54 bits per heavy atom. The van der Waals surface area contributed by atoms with E-state index in [2.05, 4.69) is 6.07 Å². The van der Waals surface area contributed by atoms with Gasteiger partial charge in [0, 0.05) is 18.9 Å². The monoisotopic (exact) mass is 178 g/mol. The number of para-hydroxylation sites is 1. The average molecular weight is 178 g/mol. The van der Waals surface area contributed by atoms with Crippen LogP contribution in [0.4, 0.5) is 0 Å². The van der Waals surface area contributed by atoms with Crippen LogP contribution in [0.1, 0.15) is 12.5 Å². The summed E-state index contributed by atoms with van der Waals surface area (Å²) in [6.07, 6.45) is 1.08. The number of rotatable bonds is 2. The topological polar surface area (TPSA) is 29.5 Å². The number of hydrogen-bond donors (Lipinski definition) is 1. The summed E-state index contributed by atoms with van der Waals surface area (Å²) in [5.74, 6) is 1.19. The molecule has 0 bridgehead atoms. The van der Waals surface area contributed by atoms with E-state index in [0.29, 0.717) is 0 Å². The maximum Gasteiger partial charge on any atom is 0.123 e. The molecule has 1 unspecified atom stereocenters. The Morgan fingerprint density at radius 3 is 3.00 bits per heavy atom. The summed E-state index contributed by atoms with van der Waals surface area (Å²) in [6, 6.07) is 8.07. The van der Waals surface area contributed by atoms with Gasteiger partial charge in [-0.05, 0) is 11.6 Å². The van der Waals surface area contributed by atoms with Crippen LogP contribution in [0.25, 0.3) is 0 Å². The Labute approximate surface area is 78.2 Å². The number of benzene rings is 1. The van der Waals surface area contributed by atoms with Crippen molar-refractivity contribution in [3.8, 4) is 5.75 Å². The van der Waals surface area contributed by atoms with Crippen LogP contribution in [0.2, 0.25) is 0 Å². The molecule has 0 saturated carbocycles. The third kappa shape index (κ3) is 1.54. The van der Waals surface area contributed by atoms with Crippen molar-refractivity contribution in [3.05, 3.63) is 29.8 Å². The molecule has 1 aromatic carbocycles. The minimum absolute atomic E-state index is 0.155. The van der Waals surface area contributed by atoms with Crippen LogP contribution in [0, 0.1) is 5.92 Å². The summed E-state index contributed by atoms with van der Waals surface area (Å²) in [5, 5.41) is 8.99. The average Bonchev–Trinajstić information content (AvgIpc) is 2.59. The molecule has 13 heavy (non-hydrogen) atoms. The van der Waals surface area contributed by atoms with Gasteiger partial charge in [-0.25, -0.2) is 0 Å². The first kappa shape index (κ1) is 8.57. The van der Waals surface area contributed by atoms with Crippen LogP contribution < -0.4 is 4.74 Å². The summed E-state index contributed by atoms with van der Waals surface area (Å²) in [4.78, 5) is 0. The van der Waals surface area contributed by atoms with Gasteiger partial charge in [-0.1, -0.05) is 25.1 Å². The van der Waals surface area contributed by atoms with Gasteiger partial charge in [0.1, 0.15) is 11.9 Å². The van der Waals surface area contributed by atoms with Gasteiger partial charge in [-0.15, -0.1) is 0 Å². The molecule has 1 N–H and O–H groups in total. The number of fused-ring (bicyclic) bond motifs is 1. The molecule has 0 radical (unpaired) electrons. The molecule has 0 fully saturated rings. The van der Waals surface area contributed by atoms with Gasteiger partial charge in [0.25, 0.3) is 0 Å². The van der Waals surface area contributed by atoms with E-state index in [1.54, 1.807) is 0 Å². The van der Waals surface area contributed by atoms with Gasteiger partial charge in [-0.2, -0.15) is 0 Å². The van der Waals surface area contributed by atoms with Crippen LogP contribution >= 0.6 is 0 Å². The largest absolute Gasteiger partial charge is 0.489 e. The Kier molecular flexibility index (Phi) is 2.23. The maximum atomic E-state index is 8.99. The summed E-state index contributed by atoms with van der Waals surface area (Å²) in [5.41, 5.74) is 1.26. The highest BCUT2D eigenvalue weighted by molar-refractivity contribution is 5.37. The molecule has 1 heterocycles. The minimum Gasteiger partial charge on any atom is -0.489 e. The molecular formula is C11H14O2. The van der Waals surface area contributed by atoms with Crippen molar-refractivity contribution in [2.75, 3.05) is 6.61 Å². The SMILES string of the molecule is C[C@H](CO)C1Cc2ccccc2O1. The van der Waals surface area contributed by atoms with Gasteiger partial charge in [0.2, 0.25) is 0 Å². The quantitative estimate of drug-likeness (QED) is 0.745. The number of ether oxygens (including phenoxy) is 1. The van der Waals surface area contributed by atoms with Gasteiger partial charge in [0.05, 0.1) is 0 Å². The second kappa shape index (κ2) is 3.38. The number of aliphatic hydroxyl groups excluding tert-OH is 1. The van der Waals surface area contributed by atoms with E-state index in [0.717, 1.165) is 12.2 Å². The smallest absolute Gasteiger partial charge is 0.123 e. The third-order valence-corrected chi connectivity index (χ3v) is 2.59. The summed E-state index contributed by atoms with van der Waals surface area (Å²) >= 11 is 0. The molecule has 0 saturated heterocycles. The van der Waals surface area contributed by atoms with Crippen molar-refractivity contribution >= 4 is 0 Å². The molecule has 0 amide bonds. The second-order valence-electron chi connectivity index (χ2n) is 3.63. The Bertz CT molecular complexity index is 271. The van der Waals surface area contributed by atoms with Crippen LogP contribution in [-0.4, -0.2) is 17.8 Å². The van der Waals surface area contributed by atoms with E-state index in [4.69, 9.17) is 9.84 Å². The molecule has 70 valence electrons. The van der Waals surface area contributed by atoms with Crippen LogP contribution in [0.15, 0.2) is 24.3 Å². The maximum absolute atomic E-state index is 8.99. The van der Waals surface area contributed by atoms with Crippen molar-refractivity contribution in [2.45, 2.75) is 19.4 Å². The van der Waals surface area contributed by atoms with E-state index < -0.39 is 0 Å². The molecule has 1 aliphatic heterocycles. The molecule has 1 aromatic rings. The summed E-state index contributed by atoms with van der Waals surface area (Å²) < 4.78 is 5.70. The van der Waals surface area contributed by atoms with Crippen LogP contribution in [-0.2, 0) is 6.42 Å². The predicted octanol–water partition coefficient (Wildman–Crippen LogP) is 1.62. The predicted molar refractivity (Wildman–Crippen MR) is 50.8 cm³/mol. The summed E-state index contributed by atoms with van der Waals surface area (Å²) in [7, 11) is 0. The molecule has 2 atom stereocenters. The molecule has 2 nitrogen and oxygen atoms in total. The molecule has 0 aromatic heterocycles. The highest BCUT2D eigenvalue weighted by Crippen LogP contribution is 2.30. The molecule has 0 aliphatic carbocycles. The fraction of sp³-hybridized carbons (Fsp3) is 0.455. The first-order valence-electron chi connectivity index (χ1n) is 4.66. The Hall–Kier alpha value is -1.02. The van der Waals surface area contributed by atoms with E-state index in [-0.39, 0.29) is 18.6 Å². The zero-order valence-corrected chi connectivity index (χ0v) is 7.73. The van der Waals surface area contributed by atoms with Crippen molar-refractivity contribution < 1.29 is 9.84 Å². The van der Waals surface area contributed by atoms with Gasteiger partial charge in [0.15, 0.2) is 0 Å². The van der Waals surface area contributed by atoms with E-state index >= 15 is 0 Å². The molecule has 2 heteroatoms. The lowest BCUT2D eigenvalue weighted by molar-refractivity contribution is 0.114. The lowest BCUT2D eigenvalue weighted by Crippen LogP contribution is -2.25. The molecule has 0 spiro atoms. The van der Waals surface area contributed by atoms with Crippen molar-refractivity contribution in [2.24, 2.45) is 5.92 Å². The Morgan fingerprint density at radius 2 is 2.31 bits per heavy atom. The van der Waals surface area contributed by atoms with Gasteiger partial charge in [-0.3, -0.25) is 0 Å². The van der Waals surface area contributed by atoms with Gasteiger partial charge >= 0.3 is 0 Å². The molecular weight excluding hydrogens is 164 g/mol. The minimum atomic E-state index is 0.155. The van der Waals surface area contributed by atoms with Crippen LogP contribution in [0.5, 0.6) is 5.75 Å². The van der Waals surface area contributed by atoms with Crippen molar-refractivity contribution in [1.82, 2.24) is 0 Å².